The molecule has 3 heterocycles. The number of nitrogens with zero attached hydrogens (tertiary/aromatic N) is 6. The summed E-state index contributed by atoms with van der Waals surface area (Å²) in [6.45, 7) is 4.79. The largest absolute Gasteiger partial charge is 0.343 e. The van der Waals surface area contributed by atoms with Gasteiger partial charge in [0.05, 0.1) is 6.20 Å². The summed E-state index contributed by atoms with van der Waals surface area (Å²) in [6, 6.07) is 0. The van der Waals surface area contributed by atoms with E-state index in [1.807, 2.05) is 6.92 Å². The van der Waals surface area contributed by atoms with Gasteiger partial charge in [0.1, 0.15) is 10.7 Å². The fourth-order valence-electron chi connectivity index (χ4n) is 2.09. The van der Waals surface area contributed by atoms with Crippen LogP contribution in [0.4, 0.5) is 5.13 Å². The van der Waals surface area contributed by atoms with Crippen LogP contribution in [0.15, 0.2) is 18.6 Å². The van der Waals surface area contributed by atoms with E-state index in [1.165, 1.54) is 12.4 Å². The van der Waals surface area contributed by atoms with Crippen molar-refractivity contribution in [2.45, 2.75) is 6.92 Å². The van der Waals surface area contributed by atoms with Crippen molar-refractivity contribution >= 4 is 22.4 Å². The Morgan fingerprint density at radius 2 is 2.00 bits per heavy atom. The van der Waals surface area contributed by atoms with E-state index in [0.29, 0.717) is 18.8 Å². The highest BCUT2D eigenvalue weighted by Gasteiger charge is 2.24. The fraction of sp³-hybridized carbons (Fsp3) is 0.417. The summed E-state index contributed by atoms with van der Waals surface area (Å²) in [6.07, 6.45) is 4.60. The SMILES string of the molecule is Cc1nnc(N2CCN(C(=O)c3cnccn3)CC2)s1. The number of anilines is 1. The second-order valence-corrected chi connectivity index (χ2v) is 5.63. The van der Waals surface area contributed by atoms with Crippen molar-refractivity contribution in [1.82, 2.24) is 25.1 Å². The third-order valence-electron chi connectivity index (χ3n) is 3.14. The van der Waals surface area contributed by atoms with Gasteiger partial charge in [-0.2, -0.15) is 0 Å². The molecule has 1 saturated heterocycles. The number of piperazine rings is 1. The summed E-state index contributed by atoms with van der Waals surface area (Å²) in [5, 5.41) is 10.0. The number of hydrogen-bond acceptors (Lipinski definition) is 7. The van der Waals surface area contributed by atoms with Crippen molar-refractivity contribution < 1.29 is 4.79 Å². The van der Waals surface area contributed by atoms with E-state index >= 15 is 0 Å². The maximum absolute atomic E-state index is 12.2. The molecule has 0 aliphatic carbocycles. The van der Waals surface area contributed by atoms with Gasteiger partial charge in [-0.1, -0.05) is 11.3 Å². The molecule has 0 spiro atoms. The van der Waals surface area contributed by atoms with Gasteiger partial charge in [0.2, 0.25) is 5.13 Å². The van der Waals surface area contributed by atoms with E-state index in [9.17, 15) is 4.79 Å². The van der Waals surface area contributed by atoms with Crippen molar-refractivity contribution in [2.75, 3.05) is 31.1 Å². The van der Waals surface area contributed by atoms with Crippen LogP contribution in [0.2, 0.25) is 0 Å². The van der Waals surface area contributed by atoms with E-state index < -0.39 is 0 Å². The lowest BCUT2D eigenvalue weighted by molar-refractivity contribution is 0.0740. The molecule has 1 amide bonds. The topological polar surface area (TPSA) is 75.1 Å². The van der Waals surface area contributed by atoms with Gasteiger partial charge in [0, 0.05) is 38.6 Å². The number of carbonyl (C=O) groups excluding carboxylic acids is 1. The first-order valence-electron chi connectivity index (χ1n) is 6.34. The van der Waals surface area contributed by atoms with E-state index in [1.54, 1.807) is 22.4 Å². The molecule has 1 fully saturated rings. The van der Waals surface area contributed by atoms with Crippen LogP contribution in [0.3, 0.4) is 0 Å². The van der Waals surface area contributed by atoms with E-state index in [2.05, 4.69) is 25.1 Å². The Balaban J connectivity index is 1.63. The quantitative estimate of drug-likeness (QED) is 0.806. The summed E-state index contributed by atoms with van der Waals surface area (Å²) >= 11 is 1.58. The lowest BCUT2D eigenvalue weighted by Crippen LogP contribution is -2.49. The Morgan fingerprint density at radius 3 is 2.60 bits per heavy atom. The van der Waals surface area contributed by atoms with Crippen LogP contribution < -0.4 is 4.90 Å². The third-order valence-corrected chi connectivity index (χ3v) is 4.03. The second kappa shape index (κ2) is 5.49. The molecule has 0 aromatic carbocycles. The first kappa shape index (κ1) is 12.9. The Kier molecular flexibility index (Phi) is 3.55. The number of aryl methyl sites for hydroxylation is 1. The number of aromatic nitrogens is 4. The highest BCUT2D eigenvalue weighted by molar-refractivity contribution is 7.15. The van der Waals surface area contributed by atoms with Gasteiger partial charge in [-0.25, -0.2) is 4.98 Å². The lowest BCUT2D eigenvalue weighted by Gasteiger charge is -2.34. The maximum atomic E-state index is 12.2. The zero-order valence-corrected chi connectivity index (χ0v) is 11.9. The number of hydrogen-bond donors (Lipinski definition) is 0. The zero-order valence-electron chi connectivity index (χ0n) is 11.1. The van der Waals surface area contributed by atoms with Gasteiger partial charge in [0.25, 0.3) is 5.91 Å². The predicted molar refractivity (Wildman–Crippen MR) is 74.8 cm³/mol. The Hall–Kier alpha value is -2.09. The minimum atomic E-state index is -0.0637. The number of carbonyl (C=O) groups is 1. The zero-order chi connectivity index (χ0) is 13.9. The summed E-state index contributed by atoms with van der Waals surface area (Å²) in [5.74, 6) is -0.0637. The lowest BCUT2D eigenvalue weighted by atomic mass is 10.3. The molecule has 0 unspecified atom stereocenters. The van der Waals surface area contributed by atoms with Crippen LogP contribution in [0.5, 0.6) is 0 Å². The minimum absolute atomic E-state index is 0.0637. The molecular weight excluding hydrogens is 276 g/mol. The van der Waals surface area contributed by atoms with Crippen molar-refractivity contribution in [3.05, 3.63) is 29.3 Å². The van der Waals surface area contributed by atoms with Gasteiger partial charge >= 0.3 is 0 Å². The highest BCUT2D eigenvalue weighted by atomic mass is 32.1. The summed E-state index contributed by atoms with van der Waals surface area (Å²) in [7, 11) is 0. The van der Waals surface area contributed by atoms with Crippen molar-refractivity contribution in [3.63, 3.8) is 0 Å². The fourth-order valence-corrected chi connectivity index (χ4v) is 2.83. The molecule has 1 aliphatic rings. The Bertz CT molecular complexity index is 593. The first-order chi connectivity index (χ1) is 9.74. The van der Waals surface area contributed by atoms with Gasteiger partial charge in [-0.05, 0) is 6.92 Å². The van der Waals surface area contributed by atoms with E-state index in [0.717, 1.165) is 23.2 Å². The molecule has 3 rings (SSSR count). The summed E-state index contributed by atoms with van der Waals surface area (Å²) in [4.78, 5) is 24.2. The van der Waals surface area contributed by atoms with Crippen LogP contribution in [0, 0.1) is 6.92 Å². The molecule has 0 bridgehead atoms. The Labute approximate surface area is 120 Å². The number of rotatable bonds is 2. The normalized spacial score (nSPS) is 15.4. The summed E-state index contributed by atoms with van der Waals surface area (Å²) in [5.41, 5.74) is 0.396. The molecule has 0 saturated carbocycles. The molecule has 1 aliphatic heterocycles. The molecule has 104 valence electrons. The molecular formula is C12H14N6OS. The van der Waals surface area contributed by atoms with Crippen molar-refractivity contribution in [1.29, 1.82) is 0 Å². The van der Waals surface area contributed by atoms with Crippen LogP contribution in [-0.2, 0) is 0 Å². The van der Waals surface area contributed by atoms with Gasteiger partial charge in [0.15, 0.2) is 0 Å². The monoisotopic (exact) mass is 290 g/mol. The van der Waals surface area contributed by atoms with Crippen molar-refractivity contribution in [2.24, 2.45) is 0 Å². The smallest absolute Gasteiger partial charge is 0.274 e. The van der Waals surface area contributed by atoms with Crippen LogP contribution in [0.25, 0.3) is 0 Å². The second-order valence-electron chi connectivity index (χ2n) is 4.47. The maximum Gasteiger partial charge on any atom is 0.274 e. The molecule has 2 aromatic heterocycles. The summed E-state index contributed by atoms with van der Waals surface area (Å²) < 4.78 is 0. The van der Waals surface area contributed by atoms with E-state index in [-0.39, 0.29) is 5.91 Å². The Morgan fingerprint density at radius 1 is 1.20 bits per heavy atom. The van der Waals surface area contributed by atoms with Crippen LogP contribution in [0.1, 0.15) is 15.5 Å². The molecule has 0 N–H and O–H groups in total. The third kappa shape index (κ3) is 2.60. The molecule has 0 atom stereocenters. The highest BCUT2D eigenvalue weighted by Crippen LogP contribution is 2.21. The standard InChI is InChI=1S/C12H14N6OS/c1-9-15-16-12(20-9)18-6-4-17(5-7-18)11(19)10-8-13-2-3-14-10/h2-3,8H,4-7H2,1H3. The van der Waals surface area contributed by atoms with Crippen LogP contribution in [-0.4, -0.2) is 57.2 Å². The molecule has 2 aromatic rings. The van der Waals surface area contributed by atoms with Gasteiger partial charge < -0.3 is 9.80 Å². The number of amides is 1. The minimum Gasteiger partial charge on any atom is -0.343 e. The molecule has 8 heteroatoms. The average Bonchev–Trinajstić information content (AvgIpc) is 2.94. The van der Waals surface area contributed by atoms with E-state index in [4.69, 9.17) is 0 Å². The molecule has 20 heavy (non-hydrogen) atoms. The average molecular weight is 290 g/mol. The molecule has 0 radical (unpaired) electrons. The van der Waals surface area contributed by atoms with Crippen molar-refractivity contribution in [3.8, 4) is 0 Å². The first-order valence-corrected chi connectivity index (χ1v) is 7.16. The molecule has 7 nitrogen and oxygen atoms in total. The predicted octanol–water partition coefficient (Wildman–Crippen LogP) is 0.599. The van der Waals surface area contributed by atoms with Gasteiger partial charge in [-0.3, -0.25) is 9.78 Å². The van der Waals surface area contributed by atoms with Gasteiger partial charge in [-0.15, -0.1) is 10.2 Å². The van der Waals surface area contributed by atoms with Crippen LogP contribution >= 0.6 is 11.3 Å².